The van der Waals surface area contributed by atoms with E-state index in [-0.39, 0.29) is 5.75 Å². The summed E-state index contributed by atoms with van der Waals surface area (Å²) in [6, 6.07) is 4.26. The zero-order valence-electron chi connectivity index (χ0n) is 8.23. The van der Waals surface area contributed by atoms with Crippen LogP contribution in [0.15, 0.2) is 18.2 Å². The Morgan fingerprint density at radius 2 is 1.89 bits per heavy atom. The molecule has 1 aromatic rings. The van der Waals surface area contributed by atoms with Crippen molar-refractivity contribution < 1.29 is 31.3 Å². The number of benzene rings is 1. The van der Waals surface area contributed by atoms with Gasteiger partial charge in [-0.1, -0.05) is 0 Å². The number of ether oxygens (including phenoxy) is 1. The summed E-state index contributed by atoms with van der Waals surface area (Å²) in [4.78, 5) is 11.0. The number of rotatable bonds is 3. The van der Waals surface area contributed by atoms with Gasteiger partial charge < -0.3 is 4.74 Å². The summed E-state index contributed by atoms with van der Waals surface area (Å²) in [7, 11) is -5.85. The second-order valence-electron chi connectivity index (χ2n) is 2.96. The van der Waals surface area contributed by atoms with Crippen molar-refractivity contribution in [1.82, 2.24) is 0 Å². The third-order valence-corrected chi connectivity index (χ3v) is 3.99. The highest BCUT2D eigenvalue weighted by molar-refractivity contribution is 14.1. The van der Waals surface area contributed by atoms with E-state index in [9.17, 15) is 22.0 Å². The SMILES string of the molecule is O=C(Oc1ccc(I)cc1I)C(F)(F)S(=O)(=O)O. The summed E-state index contributed by atoms with van der Waals surface area (Å²) in [5.74, 6) is -2.58. The first kappa shape index (κ1) is 16.0. The van der Waals surface area contributed by atoms with Gasteiger partial charge >= 0.3 is 21.3 Å². The second-order valence-corrected chi connectivity index (χ2v) is 6.83. The van der Waals surface area contributed by atoms with E-state index in [0.29, 0.717) is 3.57 Å². The summed E-state index contributed by atoms with van der Waals surface area (Å²) in [5.41, 5.74) is 0. The van der Waals surface area contributed by atoms with Crippen LogP contribution >= 0.6 is 45.2 Å². The number of hydrogen-bond donors (Lipinski definition) is 1. The fraction of sp³-hybridized carbons (Fsp3) is 0.125. The van der Waals surface area contributed by atoms with Gasteiger partial charge in [0.1, 0.15) is 5.75 Å². The summed E-state index contributed by atoms with van der Waals surface area (Å²) in [6.07, 6.45) is 0. The number of carbonyl (C=O) groups excluding carboxylic acids is 1. The van der Waals surface area contributed by atoms with Crippen LogP contribution in [0.2, 0.25) is 0 Å². The van der Waals surface area contributed by atoms with Crippen LogP contribution in [0.4, 0.5) is 8.78 Å². The van der Waals surface area contributed by atoms with Crippen LogP contribution in [-0.4, -0.2) is 24.2 Å². The lowest BCUT2D eigenvalue weighted by molar-refractivity contribution is -0.151. The van der Waals surface area contributed by atoms with Gasteiger partial charge in [-0.25, -0.2) is 4.79 Å². The Hall–Kier alpha value is -0.0800. The molecule has 1 N–H and O–H groups in total. The minimum Gasteiger partial charge on any atom is -0.420 e. The van der Waals surface area contributed by atoms with E-state index < -0.39 is 21.3 Å². The minimum atomic E-state index is -5.85. The molecule has 0 amide bonds. The van der Waals surface area contributed by atoms with E-state index in [1.807, 2.05) is 22.6 Å². The van der Waals surface area contributed by atoms with Crippen molar-refractivity contribution in [3.8, 4) is 5.75 Å². The van der Waals surface area contributed by atoms with Crippen LogP contribution in [0.1, 0.15) is 0 Å². The maximum Gasteiger partial charge on any atom is 0.466 e. The Morgan fingerprint density at radius 1 is 1.33 bits per heavy atom. The van der Waals surface area contributed by atoms with Crippen molar-refractivity contribution in [1.29, 1.82) is 0 Å². The number of halogens is 4. The molecule has 0 saturated carbocycles. The highest BCUT2D eigenvalue weighted by Crippen LogP contribution is 2.27. The van der Waals surface area contributed by atoms with Gasteiger partial charge in [-0.05, 0) is 63.4 Å². The number of alkyl halides is 2. The summed E-state index contributed by atoms with van der Waals surface area (Å²) in [6.45, 7) is 0. The second kappa shape index (κ2) is 5.50. The van der Waals surface area contributed by atoms with Gasteiger partial charge in [0.2, 0.25) is 0 Å². The van der Waals surface area contributed by atoms with E-state index >= 15 is 0 Å². The average molecular weight is 504 g/mol. The first-order valence-corrected chi connectivity index (χ1v) is 7.67. The Bertz CT molecular complexity index is 587. The van der Waals surface area contributed by atoms with E-state index in [0.717, 1.165) is 3.57 Å². The van der Waals surface area contributed by atoms with Gasteiger partial charge in [-0.3, -0.25) is 4.55 Å². The Labute approximate surface area is 128 Å². The Balaban J connectivity index is 3.02. The van der Waals surface area contributed by atoms with Crippen LogP contribution in [0, 0.1) is 7.14 Å². The molecular weight excluding hydrogens is 500 g/mol. The van der Waals surface area contributed by atoms with Crippen molar-refractivity contribution in [3.63, 3.8) is 0 Å². The third-order valence-electron chi connectivity index (χ3n) is 1.66. The van der Waals surface area contributed by atoms with Crippen LogP contribution in [0.25, 0.3) is 0 Å². The molecule has 0 spiro atoms. The van der Waals surface area contributed by atoms with Crippen molar-refractivity contribution >= 4 is 61.3 Å². The molecule has 0 fully saturated rings. The van der Waals surface area contributed by atoms with Gasteiger partial charge in [-0.2, -0.15) is 17.2 Å². The van der Waals surface area contributed by atoms with E-state index in [1.165, 1.54) is 18.2 Å². The zero-order chi connectivity index (χ0) is 14.1. The topological polar surface area (TPSA) is 80.7 Å². The molecule has 0 heterocycles. The molecule has 0 atom stereocenters. The Morgan fingerprint density at radius 3 is 2.33 bits per heavy atom. The number of hydrogen-bond acceptors (Lipinski definition) is 4. The summed E-state index contributed by atoms with van der Waals surface area (Å²) < 4.78 is 60.1. The highest BCUT2D eigenvalue weighted by atomic mass is 127. The molecule has 0 radical (unpaired) electrons. The minimum absolute atomic E-state index is 0.218. The lowest BCUT2D eigenvalue weighted by Crippen LogP contribution is -2.40. The summed E-state index contributed by atoms with van der Waals surface area (Å²) in [5, 5.41) is -5.00. The van der Waals surface area contributed by atoms with Crippen LogP contribution in [0.5, 0.6) is 5.75 Å². The van der Waals surface area contributed by atoms with Gasteiger partial charge in [0.05, 0.1) is 3.57 Å². The summed E-state index contributed by atoms with van der Waals surface area (Å²) >= 11 is 3.69. The molecule has 5 nitrogen and oxygen atoms in total. The molecule has 0 bridgehead atoms. The molecular formula is C8H4F2I2O5S. The normalized spacial score (nSPS) is 12.3. The largest absolute Gasteiger partial charge is 0.466 e. The fourth-order valence-electron chi connectivity index (χ4n) is 0.823. The van der Waals surface area contributed by atoms with Gasteiger partial charge in [0.25, 0.3) is 0 Å². The van der Waals surface area contributed by atoms with Gasteiger partial charge in [-0.15, -0.1) is 0 Å². The maximum absolute atomic E-state index is 12.9. The molecule has 0 aliphatic heterocycles. The maximum atomic E-state index is 12.9. The van der Waals surface area contributed by atoms with E-state index in [2.05, 4.69) is 4.74 Å². The molecule has 0 aliphatic rings. The van der Waals surface area contributed by atoms with Crippen molar-refractivity contribution in [2.75, 3.05) is 0 Å². The van der Waals surface area contributed by atoms with Crippen LogP contribution in [-0.2, 0) is 14.9 Å². The average Bonchev–Trinajstić information content (AvgIpc) is 2.20. The molecule has 10 heteroatoms. The van der Waals surface area contributed by atoms with E-state index in [1.54, 1.807) is 22.6 Å². The zero-order valence-corrected chi connectivity index (χ0v) is 13.4. The van der Waals surface area contributed by atoms with E-state index in [4.69, 9.17) is 4.55 Å². The molecule has 0 saturated heterocycles. The van der Waals surface area contributed by atoms with Gasteiger partial charge in [0.15, 0.2) is 0 Å². The predicted octanol–water partition coefficient (Wildman–Crippen LogP) is 2.28. The molecule has 0 aliphatic carbocycles. The first-order valence-electron chi connectivity index (χ1n) is 4.08. The lowest BCUT2D eigenvalue weighted by Gasteiger charge is -2.12. The monoisotopic (exact) mass is 504 g/mol. The molecule has 18 heavy (non-hydrogen) atoms. The lowest BCUT2D eigenvalue weighted by atomic mass is 10.3. The van der Waals surface area contributed by atoms with Crippen LogP contribution in [0.3, 0.4) is 0 Å². The molecule has 1 aromatic carbocycles. The van der Waals surface area contributed by atoms with Crippen LogP contribution < -0.4 is 4.74 Å². The highest BCUT2D eigenvalue weighted by Gasteiger charge is 2.54. The third kappa shape index (κ3) is 3.48. The quantitative estimate of drug-likeness (QED) is 0.296. The number of carbonyl (C=O) groups is 1. The molecule has 0 aromatic heterocycles. The smallest absolute Gasteiger partial charge is 0.420 e. The standard InChI is InChI=1S/C8H4F2I2O5S/c9-8(10,18(14,15)16)7(13)17-6-2-1-4(11)3-5(6)12/h1-3H,(H,14,15,16). The first-order chi connectivity index (χ1) is 8.05. The Kier molecular flexibility index (Phi) is 4.88. The van der Waals surface area contributed by atoms with Crippen molar-refractivity contribution in [3.05, 3.63) is 25.3 Å². The van der Waals surface area contributed by atoms with Crippen molar-refractivity contribution in [2.45, 2.75) is 5.25 Å². The molecule has 1 rings (SSSR count). The predicted molar refractivity (Wildman–Crippen MR) is 74.0 cm³/mol. The number of esters is 1. The molecule has 0 unspecified atom stereocenters. The molecule has 100 valence electrons. The fourth-order valence-corrected chi connectivity index (χ4v) is 2.79. The van der Waals surface area contributed by atoms with Gasteiger partial charge in [0, 0.05) is 3.57 Å². The van der Waals surface area contributed by atoms with Crippen molar-refractivity contribution in [2.24, 2.45) is 0 Å².